The van der Waals surface area contributed by atoms with Crippen molar-refractivity contribution in [2.24, 2.45) is 0 Å². The molecule has 1 unspecified atom stereocenters. The number of nitrogens with one attached hydrogen (secondary N) is 1. The van der Waals surface area contributed by atoms with E-state index in [0.717, 1.165) is 12.0 Å². The monoisotopic (exact) mass is 272 g/mol. The summed E-state index contributed by atoms with van der Waals surface area (Å²) in [6, 6.07) is 6.58. The van der Waals surface area contributed by atoms with Crippen LogP contribution in [0, 0.1) is 13.8 Å². The highest BCUT2D eigenvalue weighted by Crippen LogP contribution is 2.11. The molecule has 2 rings (SSSR count). The predicted molar refractivity (Wildman–Crippen MR) is 77.4 cm³/mol. The topological polar surface area (TPSA) is 55.1 Å². The SMILES string of the molecule is Cc1cc(C)cc(CC(C)NC(=O)Cc2cnoc2)c1. The van der Waals surface area contributed by atoms with Crippen molar-refractivity contribution in [2.45, 2.75) is 39.7 Å². The largest absolute Gasteiger partial charge is 0.364 e. The summed E-state index contributed by atoms with van der Waals surface area (Å²) < 4.78 is 4.71. The van der Waals surface area contributed by atoms with Gasteiger partial charge in [-0.05, 0) is 32.8 Å². The van der Waals surface area contributed by atoms with E-state index in [1.807, 2.05) is 6.92 Å². The lowest BCUT2D eigenvalue weighted by Crippen LogP contribution is -2.35. The molecule has 0 saturated carbocycles. The van der Waals surface area contributed by atoms with Gasteiger partial charge in [-0.3, -0.25) is 4.79 Å². The average molecular weight is 272 g/mol. The van der Waals surface area contributed by atoms with Crippen molar-refractivity contribution < 1.29 is 9.32 Å². The van der Waals surface area contributed by atoms with Gasteiger partial charge in [0.1, 0.15) is 6.26 Å². The van der Waals surface area contributed by atoms with Gasteiger partial charge in [-0.25, -0.2) is 0 Å². The van der Waals surface area contributed by atoms with Crippen molar-refractivity contribution in [2.75, 3.05) is 0 Å². The number of nitrogens with zero attached hydrogens (tertiary/aromatic N) is 1. The second-order valence-electron chi connectivity index (χ2n) is 5.38. The van der Waals surface area contributed by atoms with E-state index in [1.54, 1.807) is 6.20 Å². The number of amides is 1. The second-order valence-corrected chi connectivity index (χ2v) is 5.38. The molecule has 0 radical (unpaired) electrons. The van der Waals surface area contributed by atoms with E-state index >= 15 is 0 Å². The lowest BCUT2D eigenvalue weighted by Gasteiger charge is -2.14. The van der Waals surface area contributed by atoms with Crippen molar-refractivity contribution >= 4 is 5.91 Å². The van der Waals surface area contributed by atoms with Gasteiger partial charge >= 0.3 is 0 Å². The van der Waals surface area contributed by atoms with E-state index in [4.69, 9.17) is 4.52 Å². The van der Waals surface area contributed by atoms with E-state index in [0.29, 0.717) is 6.42 Å². The molecule has 0 bridgehead atoms. The average Bonchev–Trinajstić information content (AvgIpc) is 2.79. The number of carbonyl (C=O) groups excluding carboxylic acids is 1. The van der Waals surface area contributed by atoms with Crippen LogP contribution in [0.2, 0.25) is 0 Å². The first kappa shape index (κ1) is 14.3. The number of carbonyl (C=O) groups is 1. The number of hydrogen-bond acceptors (Lipinski definition) is 3. The Morgan fingerprint density at radius 2 is 1.95 bits per heavy atom. The standard InChI is InChI=1S/C16H20N2O2/c1-11-4-12(2)6-14(5-11)7-13(3)18-16(19)8-15-9-17-20-10-15/h4-6,9-10,13H,7-8H2,1-3H3,(H,18,19). The molecule has 106 valence electrons. The molecule has 1 atom stereocenters. The lowest BCUT2D eigenvalue weighted by atomic mass is 10.0. The van der Waals surface area contributed by atoms with E-state index in [9.17, 15) is 4.79 Å². The van der Waals surface area contributed by atoms with Crippen molar-refractivity contribution in [1.82, 2.24) is 10.5 Å². The third kappa shape index (κ3) is 4.23. The summed E-state index contributed by atoms with van der Waals surface area (Å²) in [4.78, 5) is 11.9. The number of aryl methyl sites for hydroxylation is 2. The minimum Gasteiger partial charge on any atom is -0.364 e. The molecule has 0 spiro atoms. The van der Waals surface area contributed by atoms with Gasteiger partial charge in [0.05, 0.1) is 12.6 Å². The molecule has 0 aliphatic heterocycles. The van der Waals surface area contributed by atoms with Gasteiger partial charge in [0.15, 0.2) is 0 Å². The second kappa shape index (κ2) is 6.37. The third-order valence-electron chi connectivity index (χ3n) is 3.08. The first-order valence-corrected chi connectivity index (χ1v) is 6.77. The van der Waals surface area contributed by atoms with Gasteiger partial charge in [-0.1, -0.05) is 34.5 Å². The number of aromatic nitrogens is 1. The molecule has 20 heavy (non-hydrogen) atoms. The summed E-state index contributed by atoms with van der Waals surface area (Å²) in [5.74, 6) is -0.00919. The maximum absolute atomic E-state index is 11.9. The molecule has 1 aromatic carbocycles. The van der Waals surface area contributed by atoms with Crippen LogP contribution in [0.15, 0.2) is 35.2 Å². The van der Waals surface area contributed by atoms with Crippen molar-refractivity contribution in [3.63, 3.8) is 0 Å². The summed E-state index contributed by atoms with van der Waals surface area (Å²) in [6.45, 7) is 6.19. The smallest absolute Gasteiger partial charge is 0.224 e. The van der Waals surface area contributed by atoms with Gasteiger partial charge in [-0.2, -0.15) is 0 Å². The van der Waals surface area contributed by atoms with E-state index in [2.05, 4.69) is 42.5 Å². The Morgan fingerprint density at radius 1 is 1.25 bits per heavy atom. The maximum Gasteiger partial charge on any atom is 0.224 e. The van der Waals surface area contributed by atoms with Crippen LogP contribution in [-0.2, 0) is 17.6 Å². The summed E-state index contributed by atoms with van der Waals surface area (Å²) in [6.07, 6.45) is 4.20. The molecule has 0 aliphatic rings. The van der Waals surface area contributed by atoms with Crippen molar-refractivity contribution in [3.8, 4) is 0 Å². The molecular formula is C16H20N2O2. The van der Waals surface area contributed by atoms with Crippen LogP contribution >= 0.6 is 0 Å². The number of benzene rings is 1. The molecule has 4 heteroatoms. The van der Waals surface area contributed by atoms with Crippen LogP contribution in [0.1, 0.15) is 29.2 Å². The Kier molecular flexibility index (Phi) is 4.56. The predicted octanol–water partition coefficient (Wildman–Crippen LogP) is 2.58. The molecule has 0 aliphatic carbocycles. The molecule has 2 aromatic rings. The summed E-state index contributed by atoms with van der Waals surface area (Å²) in [5.41, 5.74) is 4.55. The van der Waals surface area contributed by atoms with Crippen LogP contribution in [0.4, 0.5) is 0 Å². The van der Waals surface area contributed by atoms with Gasteiger partial charge < -0.3 is 9.84 Å². The summed E-state index contributed by atoms with van der Waals surface area (Å²) in [5, 5.41) is 6.58. The fraction of sp³-hybridized carbons (Fsp3) is 0.375. The first-order chi connectivity index (χ1) is 9.52. The molecular weight excluding hydrogens is 252 g/mol. The van der Waals surface area contributed by atoms with Crippen molar-refractivity contribution in [1.29, 1.82) is 0 Å². The third-order valence-corrected chi connectivity index (χ3v) is 3.08. The molecule has 1 amide bonds. The molecule has 0 saturated heterocycles. The van der Waals surface area contributed by atoms with Crippen molar-refractivity contribution in [3.05, 3.63) is 52.9 Å². The minimum atomic E-state index is -0.00919. The van der Waals surface area contributed by atoms with Gasteiger partial charge in [0, 0.05) is 11.6 Å². The zero-order chi connectivity index (χ0) is 14.5. The molecule has 0 fully saturated rings. The van der Waals surface area contributed by atoms with Gasteiger partial charge in [0.2, 0.25) is 5.91 Å². The fourth-order valence-electron chi connectivity index (χ4n) is 2.42. The Balaban J connectivity index is 1.88. The number of hydrogen-bond donors (Lipinski definition) is 1. The van der Waals surface area contributed by atoms with Crippen LogP contribution in [-0.4, -0.2) is 17.1 Å². The summed E-state index contributed by atoms with van der Waals surface area (Å²) >= 11 is 0. The molecule has 1 aromatic heterocycles. The first-order valence-electron chi connectivity index (χ1n) is 6.77. The summed E-state index contributed by atoms with van der Waals surface area (Å²) in [7, 11) is 0. The fourth-order valence-corrected chi connectivity index (χ4v) is 2.42. The Bertz CT molecular complexity index is 556. The van der Waals surface area contributed by atoms with E-state index in [-0.39, 0.29) is 11.9 Å². The zero-order valence-corrected chi connectivity index (χ0v) is 12.1. The van der Waals surface area contributed by atoms with Crippen LogP contribution in [0.5, 0.6) is 0 Å². The Hall–Kier alpha value is -2.10. The van der Waals surface area contributed by atoms with Crippen LogP contribution in [0.3, 0.4) is 0 Å². The van der Waals surface area contributed by atoms with Crippen LogP contribution < -0.4 is 5.32 Å². The molecule has 4 nitrogen and oxygen atoms in total. The highest BCUT2D eigenvalue weighted by atomic mass is 16.5. The van der Waals surface area contributed by atoms with Crippen LogP contribution in [0.25, 0.3) is 0 Å². The maximum atomic E-state index is 11.9. The van der Waals surface area contributed by atoms with Gasteiger partial charge in [-0.15, -0.1) is 0 Å². The van der Waals surface area contributed by atoms with E-state index in [1.165, 1.54) is 23.0 Å². The highest BCUT2D eigenvalue weighted by Gasteiger charge is 2.10. The Morgan fingerprint density at radius 3 is 2.55 bits per heavy atom. The lowest BCUT2D eigenvalue weighted by molar-refractivity contribution is -0.121. The highest BCUT2D eigenvalue weighted by molar-refractivity contribution is 5.78. The zero-order valence-electron chi connectivity index (χ0n) is 12.1. The van der Waals surface area contributed by atoms with Gasteiger partial charge in [0.25, 0.3) is 0 Å². The molecule has 1 heterocycles. The van der Waals surface area contributed by atoms with E-state index < -0.39 is 0 Å². The quantitative estimate of drug-likeness (QED) is 0.910. The number of rotatable bonds is 5. The normalized spacial score (nSPS) is 12.2. The Labute approximate surface area is 119 Å². The molecule has 1 N–H and O–H groups in total. The minimum absolute atomic E-state index is 0.00919.